The predicted molar refractivity (Wildman–Crippen MR) is 91.6 cm³/mol. The number of benzene rings is 2. The number of fused-ring (bicyclic) bond motifs is 1. The van der Waals surface area contributed by atoms with E-state index in [-0.39, 0.29) is 5.56 Å². The smallest absolute Gasteiger partial charge is 0.339 e. The van der Waals surface area contributed by atoms with Crippen molar-refractivity contribution in [3.63, 3.8) is 0 Å². The van der Waals surface area contributed by atoms with E-state index in [1.54, 1.807) is 31.2 Å². The molecule has 1 amide bonds. The molecular formula is C19H11F5N2O3. The largest absolute Gasteiger partial charge is 0.452 e. The number of esters is 1. The van der Waals surface area contributed by atoms with Crippen molar-refractivity contribution in [1.82, 2.24) is 4.98 Å². The Hall–Kier alpha value is -3.56. The number of para-hydroxylation sites is 1. The molecule has 3 aromatic rings. The zero-order chi connectivity index (χ0) is 21.3. The summed E-state index contributed by atoms with van der Waals surface area (Å²) in [4.78, 5) is 28.4. The summed E-state index contributed by atoms with van der Waals surface area (Å²) in [5.74, 6) is -13.4. The summed E-state index contributed by atoms with van der Waals surface area (Å²) in [6.45, 7) is 0.618. The van der Waals surface area contributed by atoms with Crippen LogP contribution in [0.5, 0.6) is 0 Å². The van der Waals surface area contributed by atoms with Crippen molar-refractivity contribution >= 4 is 28.5 Å². The molecule has 0 aliphatic heterocycles. The lowest BCUT2D eigenvalue weighted by Gasteiger charge is -2.11. The van der Waals surface area contributed by atoms with Crippen molar-refractivity contribution in [3.05, 3.63) is 70.7 Å². The van der Waals surface area contributed by atoms with Crippen LogP contribution < -0.4 is 5.32 Å². The van der Waals surface area contributed by atoms with Gasteiger partial charge in [0.1, 0.15) is 5.69 Å². The Morgan fingerprint density at radius 1 is 0.966 bits per heavy atom. The highest BCUT2D eigenvalue weighted by atomic mass is 19.2. The van der Waals surface area contributed by atoms with Crippen LogP contribution in [0.15, 0.2) is 30.3 Å². The van der Waals surface area contributed by atoms with Crippen molar-refractivity contribution in [2.24, 2.45) is 0 Å². The van der Waals surface area contributed by atoms with Crippen LogP contribution in [0.3, 0.4) is 0 Å². The fourth-order valence-corrected chi connectivity index (χ4v) is 2.58. The number of ether oxygens (including phenoxy) is 1. The number of anilines is 1. The monoisotopic (exact) mass is 410 g/mol. The molecule has 1 N–H and O–H groups in total. The molecule has 0 saturated heterocycles. The topological polar surface area (TPSA) is 68.3 Å². The van der Waals surface area contributed by atoms with E-state index >= 15 is 0 Å². The van der Waals surface area contributed by atoms with Gasteiger partial charge >= 0.3 is 5.97 Å². The number of pyridine rings is 1. The van der Waals surface area contributed by atoms with Crippen LogP contribution in [0.4, 0.5) is 27.6 Å². The summed E-state index contributed by atoms with van der Waals surface area (Å²) in [5, 5.41) is 1.97. The third kappa shape index (κ3) is 3.86. The highest BCUT2D eigenvalue weighted by Crippen LogP contribution is 2.27. The van der Waals surface area contributed by atoms with Crippen molar-refractivity contribution in [2.45, 2.75) is 6.92 Å². The minimum atomic E-state index is -2.36. The molecule has 0 fully saturated rings. The van der Waals surface area contributed by atoms with Crippen molar-refractivity contribution < 1.29 is 36.3 Å². The number of nitrogens with one attached hydrogen (secondary N) is 1. The lowest BCUT2D eigenvalue weighted by atomic mass is 10.1. The first-order valence-corrected chi connectivity index (χ1v) is 8.05. The number of halogens is 5. The average Bonchev–Trinajstić information content (AvgIpc) is 2.71. The van der Waals surface area contributed by atoms with E-state index in [2.05, 4.69) is 4.98 Å². The normalized spacial score (nSPS) is 10.8. The molecule has 3 rings (SSSR count). The maximum Gasteiger partial charge on any atom is 0.339 e. The number of nitrogens with zero attached hydrogens (tertiary/aromatic N) is 1. The molecule has 29 heavy (non-hydrogen) atoms. The summed E-state index contributed by atoms with van der Waals surface area (Å²) < 4.78 is 71.4. The fraction of sp³-hybridized carbons (Fsp3) is 0.105. The third-order valence-corrected chi connectivity index (χ3v) is 3.87. The molecule has 0 aliphatic rings. The van der Waals surface area contributed by atoms with Gasteiger partial charge in [0.25, 0.3) is 5.91 Å². The van der Waals surface area contributed by atoms with E-state index < -0.39 is 53.3 Å². The Morgan fingerprint density at radius 3 is 2.21 bits per heavy atom. The van der Waals surface area contributed by atoms with Crippen molar-refractivity contribution in [3.8, 4) is 0 Å². The molecule has 0 radical (unpaired) electrons. The number of aryl methyl sites for hydroxylation is 1. The maximum atomic E-state index is 13.6. The molecule has 0 atom stereocenters. The number of amides is 1. The number of aromatic nitrogens is 1. The van der Waals surface area contributed by atoms with Gasteiger partial charge in [0.2, 0.25) is 5.82 Å². The molecule has 0 saturated carbocycles. The Kier molecular flexibility index (Phi) is 5.44. The van der Waals surface area contributed by atoms with E-state index in [0.29, 0.717) is 16.6 Å². The van der Waals surface area contributed by atoms with Crippen LogP contribution in [0.1, 0.15) is 16.1 Å². The van der Waals surface area contributed by atoms with Gasteiger partial charge < -0.3 is 10.1 Å². The molecule has 2 aromatic carbocycles. The molecule has 5 nitrogen and oxygen atoms in total. The standard InChI is InChI=1S/C19H11F5N2O3/c1-8-6-10(9-4-2-3-5-11(9)25-8)19(28)29-7-12(27)26-18-16(23)14(21)13(20)15(22)17(18)24/h2-6H,7H2,1H3,(H,26,27). The molecule has 0 unspecified atom stereocenters. The van der Waals surface area contributed by atoms with Gasteiger partial charge in [-0.25, -0.2) is 26.7 Å². The van der Waals surface area contributed by atoms with E-state index in [0.717, 1.165) is 0 Å². The molecule has 1 aromatic heterocycles. The van der Waals surface area contributed by atoms with E-state index in [9.17, 15) is 31.5 Å². The fourth-order valence-electron chi connectivity index (χ4n) is 2.58. The summed E-state index contributed by atoms with van der Waals surface area (Å²) in [7, 11) is 0. The van der Waals surface area contributed by atoms with Gasteiger partial charge in [-0.1, -0.05) is 18.2 Å². The Balaban J connectivity index is 1.77. The summed E-state index contributed by atoms with van der Waals surface area (Å²) in [6.07, 6.45) is 0. The molecule has 150 valence electrons. The summed E-state index contributed by atoms with van der Waals surface area (Å²) >= 11 is 0. The quantitative estimate of drug-likeness (QED) is 0.305. The van der Waals surface area contributed by atoms with Crippen LogP contribution in [0.25, 0.3) is 10.9 Å². The molecular weight excluding hydrogens is 399 g/mol. The van der Waals surface area contributed by atoms with Gasteiger partial charge in [0.15, 0.2) is 29.9 Å². The first kappa shape index (κ1) is 20.2. The number of hydrogen-bond donors (Lipinski definition) is 1. The zero-order valence-electron chi connectivity index (χ0n) is 14.7. The zero-order valence-corrected chi connectivity index (χ0v) is 14.7. The maximum absolute atomic E-state index is 13.6. The minimum absolute atomic E-state index is 0.0946. The van der Waals surface area contributed by atoms with E-state index in [1.165, 1.54) is 11.4 Å². The van der Waals surface area contributed by atoms with Gasteiger partial charge in [0.05, 0.1) is 11.1 Å². The second kappa shape index (κ2) is 7.82. The minimum Gasteiger partial charge on any atom is -0.452 e. The first-order valence-electron chi connectivity index (χ1n) is 8.05. The molecule has 1 heterocycles. The van der Waals surface area contributed by atoms with Gasteiger partial charge in [0, 0.05) is 11.1 Å². The Labute approximate surface area is 160 Å². The number of carbonyl (C=O) groups is 2. The van der Waals surface area contributed by atoms with E-state index in [4.69, 9.17) is 4.74 Å². The van der Waals surface area contributed by atoms with Crippen LogP contribution in [-0.4, -0.2) is 23.5 Å². The van der Waals surface area contributed by atoms with Crippen LogP contribution in [0, 0.1) is 36.0 Å². The van der Waals surface area contributed by atoms with E-state index in [1.807, 2.05) is 0 Å². The lowest BCUT2D eigenvalue weighted by molar-refractivity contribution is -0.119. The number of hydrogen-bond acceptors (Lipinski definition) is 4. The van der Waals surface area contributed by atoms with Crippen LogP contribution >= 0.6 is 0 Å². The predicted octanol–water partition coefficient (Wildman–Crippen LogP) is 4.03. The van der Waals surface area contributed by atoms with Gasteiger partial charge in [-0.2, -0.15) is 0 Å². The van der Waals surface area contributed by atoms with Gasteiger partial charge in [-0.15, -0.1) is 0 Å². The highest BCUT2D eigenvalue weighted by Gasteiger charge is 2.27. The van der Waals surface area contributed by atoms with Crippen molar-refractivity contribution in [1.29, 1.82) is 0 Å². The number of rotatable bonds is 4. The van der Waals surface area contributed by atoms with Crippen LogP contribution in [0.2, 0.25) is 0 Å². The molecule has 0 aliphatic carbocycles. The molecule has 10 heteroatoms. The van der Waals surface area contributed by atoms with Gasteiger partial charge in [-0.05, 0) is 19.1 Å². The summed E-state index contributed by atoms with van der Waals surface area (Å²) in [6, 6.07) is 8.06. The molecule has 0 spiro atoms. The van der Waals surface area contributed by atoms with Crippen molar-refractivity contribution in [2.75, 3.05) is 11.9 Å². The van der Waals surface area contributed by atoms with Gasteiger partial charge in [-0.3, -0.25) is 9.78 Å². The lowest BCUT2D eigenvalue weighted by Crippen LogP contribution is -2.23. The summed E-state index contributed by atoms with van der Waals surface area (Å²) in [5.41, 5.74) is -0.434. The second-order valence-corrected chi connectivity index (χ2v) is 5.90. The highest BCUT2D eigenvalue weighted by molar-refractivity contribution is 6.04. The Morgan fingerprint density at radius 2 is 1.55 bits per heavy atom. The Bertz CT molecular complexity index is 1120. The average molecular weight is 410 g/mol. The second-order valence-electron chi connectivity index (χ2n) is 5.90. The van der Waals surface area contributed by atoms with Crippen LogP contribution in [-0.2, 0) is 9.53 Å². The number of carbonyl (C=O) groups excluding carboxylic acids is 2. The first-order chi connectivity index (χ1) is 13.7. The SMILES string of the molecule is Cc1cc(C(=O)OCC(=O)Nc2c(F)c(F)c(F)c(F)c2F)c2ccccc2n1. The molecule has 0 bridgehead atoms. The third-order valence-electron chi connectivity index (χ3n) is 3.87.